The first-order valence-electron chi connectivity index (χ1n) is 6.74. The van der Waals surface area contributed by atoms with E-state index in [4.69, 9.17) is 14.2 Å². The summed E-state index contributed by atoms with van der Waals surface area (Å²) >= 11 is 0. The van der Waals surface area contributed by atoms with Gasteiger partial charge in [-0.05, 0) is 18.2 Å². The van der Waals surface area contributed by atoms with Crippen LogP contribution in [0.2, 0.25) is 0 Å². The lowest BCUT2D eigenvalue weighted by atomic mass is 10.1. The summed E-state index contributed by atoms with van der Waals surface area (Å²) < 4.78 is 15.6. The summed E-state index contributed by atoms with van der Waals surface area (Å²) in [5.74, 6) is 1.41. The van der Waals surface area contributed by atoms with Crippen molar-refractivity contribution in [3.05, 3.63) is 30.0 Å². The number of hydrogen-bond donors (Lipinski definition) is 2. The fourth-order valence-electron chi connectivity index (χ4n) is 2.08. The van der Waals surface area contributed by atoms with Crippen molar-refractivity contribution in [1.82, 2.24) is 15.5 Å². The Hall–Kier alpha value is -2.05. The highest BCUT2D eigenvalue weighted by molar-refractivity contribution is 5.66. The van der Waals surface area contributed by atoms with Crippen LogP contribution in [0, 0.1) is 0 Å². The minimum atomic E-state index is 0.684. The molecule has 1 heterocycles. The number of nitrogens with one attached hydrogen (secondary N) is 2. The van der Waals surface area contributed by atoms with Crippen molar-refractivity contribution in [3.63, 3.8) is 0 Å². The van der Waals surface area contributed by atoms with Crippen molar-refractivity contribution >= 4 is 0 Å². The molecule has 6 nitrogen and oxygen atoms in total. The number of ether oxygens (including phenoxy) is 3. The molecule has 0 aliphatic carbocycles. The van der Waals surface area contributed by atoms with Crippen molar-refractivity contribution < 1.29 is 14.2 Å². The maximum Gasteiger partial charge on any atom is 0.161 e. The molecule has 0 aliphatic rings. The number of aromatic nitrogens is 2. The molecule has 0 saturated heterocycles. The summed E-state index contributed by atoms with van der Waals surface area (Å²) in [6.07, 6.45) is 1.83. The number of nitrogens with zero attached hydrogens (tertiary/aromatic N) is 1. The van der Waals surface area contributed by atoms with Crippen LogP contribution in [-0.4, -0.2) is 44.7 Å². The second-order valence-electron chi connectivity index (χ2n) is 4.51. The van der Waals surface area contributed by atoms with E-state index < -0.39 is 0 Å². The molecular formula is C15H21N3O3. The van der Waals surface area contributed by atoms with Gasteiger partial charge in [-0.1, -0.05) is 0 Å². The maximum absolute atomic E-state index is 5.34. The summed E-state index contributed by atoms with van der Waals surface area (Å²) in [5, 5.41) is 10.5. The van der Waals surface area contributed by atoms with Crippen LogP contribution < -0.4 is 14.8 Å². The molecule has 0 unspecified atom stereocenters. The normalized spacial score (nSPS) is 10.6. The van der Waals surface area contributed by atoms with Crippen LogP contribution in [0.5, 0.6) is 11.5 Å². The summed E-state index contributed by atoms with van der Waals surface area (Å²) in [5.41, 5.74) is 3.08. The van der Waals surface area contributed by atoms with Gasteiger partial charge in [0.25, 0.3) is 0 Å². The first kappa shape index (κ1) is 15.3. The highest BCUT2D eigenvalue weighted by Gasteiger charge is 2.11. The summed E-state index contributed by atoms with van der Waals surface area (Å²) in [6.45, 7) is 2.21. The smallest absolute Gasteiger partial charge is 0.161 e. The zero-order valence-corrected chi connectivity index (χ0v) is 12.6. The van der Waals surface area contributed by atoms with Crippen LogP contribution in [-0.2, 0) is 11.3 Å². The third-order valence-electron chi connectivity index (χ3n) is 3.19. The average Bonchev–Trinajstić information content (AvgIpc) is 2.99. The second-order valence-corrected chi connectivity index (χ2v) is 4.51. The molecular weight excluding hydrogens is 270 g/mol. The molecule has 1 aromatic heterocycles. The minimum absolute atomic E-state index is 0.684. The van der Waals surface area contributed by atoms with Gasteiger partial charge in [0.05, 0.1) is 32.7 Å². The molecule has 21 heavy (non-hydrogen) atoms. The molecule has 0 amide bonds. The van der Waals surface area contributed by atoms with Gasteiger partial charge in [0.2, 0.25) is 0 Å². The van der Waals surface area contributed by atoms with Crippen LogP contribution in [0.1, 0.15) is 5.56 Å². The van der Waals surface area contributed by atoms with Crippen LogP contribution in [0.3, 0.4) is 0 Å². The van der Waals surface area contributed by atoms with Crippen molar-refractivity contribution in [2.24, 2.45) is 0 Å². The monoisotopic (exact) mass is 291 g/mol. The Morgan fingerprint density at radius 3 is 2.67 bits per heavy atom. The van der Waals surface area contributed by atoms with Crippen molar-refractivity contribution in [2.75, 3.05) is 34.5 Å². The van der Waals surface area contributed by atoms with E-state index >= 15 is 0 Å². The minimum Gasteiger partial charge on any atom is -0.493 e. The highest BCUT2D eigenvalue weighted by atomic mass is 16.5. The zero-order chi connectivity index (χ0) is 15.1. The van der Waals surface area contributed by atoms with Crippen LogP contribution in [0.25, 0.3) is 11.3 Å². The van der Waals surface area contributed by atoms with Gasteiger partial charge in [0.1, 0.15) is 0 Å². The first-order valence-corrected chi connectivity index (χ1v) is 6.74. The Morgan fingerprint density at radius 1 is 1.14 bits per heavy atom. The summed E-state index contributed by atoms with van der Waals surface area (Å²) in [4.78, 5) is 0. The van der Waals surface area contributed by atoms with Crippen molar-refractivity contribution in [2.45, 2.75) is 6.54 Å². The largest absolute Gasteiger partial charge is 0.493 e. The molecule has 1 aromatic carbocycles. The van der Waals surface area contributed by atoms with Gasteiger partial charge < -0.3 is 19.5 Å². The van der Waals surface area contributed by atoms with Gasteiger partial charge in [-0.3, -0.25) is 5.10 Å². The second kappa shape index (κ2) is 7.66. The number of H-pyrrole nitrogens is 1. The number of hydrogen-bond acceptors (Lipinski definition) is 5. The van der Waals surface area contributed by atoms with Crippen molar-refractivity contribution in [1.29, 1.82) is 0 Å². The first-order chi connectivity index (χ1) is 10.3. The van der Waals surface area contributed by atoms with E-state index in [1.165, 1.54) is 0 Å². The predicted octanol–water partition coefficient (Wildman–Crippen LogP) is 1.83. The Bertz CT molecular complexity index is 569. The summed E-state index contributed by atoms with van der Waals surface area (Å²) in [6, 6.07) is 5.80. The van der Waals surface area contributed by atoms with Gasteiger partial charge in [-0.15, -0.1) is 0 Å². The molecule has 2 aromatic rings. The van der Waals surface area contributed by atoms with E-state index in [-0.39, 0.29) is 0 Å². The lowest BCUT2D eigenvalue weighted by Gasteiger charge is -2.10. The Balaban J connectivity index is 2.16. The quantitative estimate of drug-likeness (QED) is 0.726. The molecule has 0 bridgehead atoms. The van der Waals surface area contributed by atoms with Gasteiger partial charge in [0.15, 0.2) is 11.5 Å². The number of aromatic amines is 1. The molecule has 6 heteroatoms. The topological polar surface area (TPSA) is 68.4 Å². The van der Waals surface area contributed by atoms with Gasteiger partial charge >= 0.3 is 0 Å². The lowest BCUT2D eigenvalue weighted by molar-refractivity contribution is 0.199. The Kier molecular flexibility index (Phi) is 5.59. The van der Waals surface area contributed by atoms with E-state index in [0.717, 1.165) is 29.9 Å². The molecule has 0 aliphatic heterocycles. The van der Waals surface area contributed by atoms with Crippen molar-refractivity contribution in [3.8, 4) is 22.8 Å². The summed E-state index contributed by atoms with van der Waals surface area (Å²) in [7, 11) is 4.94. The lowest BCUT2D eigenvalue weighted by Crippen LogP contribution is -2.18. The molecule has 0 atom stereocenters. The molecule has 114 valence electrons. The van der Waals surface area contributed by atoms with E-state index in [9.17, 15) is 0 Å². The highest BCUT2D eigenvalue weighted by Crippen LogP contribution is 2.32. The zero-order valence-electron chi connectivity index (χ0n) is 12.6. The number of benzene rings is 1. The number of methoxy groups -OCH3 is 3. The standard InChI is InChI=1S/C15H21N3O3/c1-19-7-6-16-9-12-10-17-18-15(12)11-4-5-13(20-2)14(8-11)21-3/h4-5,8,10,16H,6-7,9H2,1-3H3,(H,17,18). The van der Waals surface area contributed by atoms with Crippen LogP contribution >= 0.6 is 0 Å². The molecule has 2 rings (SSSR count). The molecule has 0 radical (unpaired) electrons. The van der Waals surface area contributed by atoms with E-state index in [0.29, 0.717) is 18.1 Å². The van der Waals surface area contributed by atoms with Crippen LogP contribution in [0.4, 0.5) is 0 Å². The fraction of sp³-hybridized carbons (Fsp3) is 0.400. The molecule has 2 N–H and O–H groups in total. The molecule has 0 fully saturated rings. The molecule has 0 spiro atoms. The Morgan fingerprint density at radius 2 is 1.95 bits per heavy atom. The third kappa shape index (κ3) is 3.74. The number of rotatable bonds is 8. The van der Waals surface area contributed by atoms with E-state index in [2.05, 4.69) is 15.5 Å². The average molecular weight is 291 g/mol. The van der Waals surface area contributed by atoms with Gasteiger partial charge in [-0.2, -0.15) is 5.10 Å². The van der Waals surface area contributed by atoms with E-state index in [1.54, 1.807) is 21.3 Å². The van der Waals surface area contributed by atoms with Crippen LogP contribution in [0.15, 0.2) is 24.4 Å². The maximum atomic E-state index is 5.34. The van der Waals surface area contributed by atoms with Gasteiger partial charge in [-0.25, -0.2) is 0 Å². The molecule has 0 saturated carbocycles. The van der Waals surface area contributed by atoms with Gasteiger partial charge in [0, 0.05) is 31.3 Å². The fourth-order valence-corrected chi connectivity index (χ4v) is 2.08. The Labute approximate surface area is 124 Å². The third-order valence-corrected chi connectivity index (χ3v) is 3.19. The predicted molar refractivity (Wildman–Crippen MR) is 80.7 cm³/mol. The SMILES string of the molecule is COCCNCc1cn[nH]c1-c1ccc(OC)c(OC)c1. The van der Waals surface area contributed by atoms with E-state index in [1.807, 2.05) is 24.4 Å².